The van der Waals surface area contributed by atoms with Crippen molar-refractivity contribution in [1.29, 1.82) is 0 Å². The molecule has 0 atom stereocenters. The summed E-state index contributed by atoms with van der Waals surface area (Å²) in [4.78, 5) is 0. The summed E-state index contributed by atoms with van der Waals surface area (Å²) in [6.07, 6.45) is 0. The third-order valence-corrected chi connectivity index (χ3v) is 6.22. The van der Waals surface area contributed by atoms with Crippen molar-refractivity contribution in [2.75, 3.05) is 0 Å². The Balaban J connectivity index is 2.04. The van der Waals surface area contributed by atoms with Crippen molar-refractivity contribution in [3.05, 3.63) is 23.5 Å². The average Bonchev–Trinajstić information content (AvgIpc) is 2.84. The lowest BCUT2D eigenvalue weighted by molar-refractivity contribution is 0.00578. The summed E-state index contributed by atoms with van der Waals surface area (Å²) >= 11 is 0. The molecule has 148 valence electrons. The van der Waals surface area contributed by atoms with Crippen molar-refractivity contribution in [3.63, 3.8) is 0 Å². The number of hydrogen-bond donors (Lipinski definition) is 0. The predicted octanol–water partition coefficient (Wildman–Crippen LogP) is 2.70. The van der Waals surface area contributed by atoms with Gasteiger partial charge in [-0.25, -0.2) is 13.2 Å². The van der Waals surface area contributed by atoms with Gasteiger partial charge in [0, 0.05) is 10.9 Å². The van der Waals surface area contributed by atoms with E-state index >= 15 is 0 Å². The SMILES string of the molecule is CC1(C)OB(c2cc(B3OC(C)(C)C(C)(C)O3)c(F)c(F)c2F)OC1(C)C. The zero-order valence-electron chi connectivity index (χ0n) is 17.0. The van der Waals surface area contributed by atoms with E-state index in [1.54, 1.807) is 55.4 Å². The summed E-state index contributed by atoms with van der Waals surface area (Å²) in [5.41, 5.74) is -3.45. The lowest BCUT2D eigenvalue weighted by atomic mass is 9.71. The summed E-state index contributed by atoms with van der Waals surface area (Å²) in [6, 6.07) is 1.16. The van der Waals surface area contributed by atoms with E-state index in [4.69, 9.17) is 18.6 Å². The van der Waals surface area contributed by atoms with Gasteiger partial charge < -0.3 is 18.6 Å². The van der Waals surface area contributed by atoms with E-state index in [2.05, 4.69) is 0 Å². The molecule has 3 rings (SSSR count). The molecular weight excluding hydrogens is 359 g/mol. The number of benzene rings is 1. The minimum absolute atomic E-state index is 0.225. The van der Waals surface area contributed by atoms with Gasteiger partial charge in [-0.1, -0.05) is 6.07 Å². The molecule has 0 amide bonds. The molecule has 0 aliphatic carbocycles. The molecule has 27 heavy (non-hydrogen) atoms. The molecule has 4 nitrogen and oxygen atoms in total. The highest BCUT2D eigenvalue weighted by Crippen LogP contribution is 2.38. The monoisotopic (exact) mass is 384 g/mol. The van der Waals surface area contributed by atoms with Crippen LogP contribution in [0.2, 0.25) is 0 Å². The Morgan fingerprint density at radius 1 is 0.556 bits per heavy atom. The second-order valence-electron chi connectivity index (χ2n) is 9.17. The van der Waals surface area contributed by atoms with E-state index < -0.39 is 54.1 Å². The van der Waals surface area contributed by atoms with Gasteiger partial charge in [-0.05, 0) is 55.4 Å². The van der Waals surface area contributed by atoms with Gasteiger partial charge in [0.15, 0.2) is 17.5 Å². The molecule has 0 bridgehead atoms. The van der Waals surface area contributed by atoms with Gasteiger partial charge in [-0.2, -0.15) is 0 Å². The standard InChI is InChI=1S/C18H25B2F3O4/c1-15(2)16(3,4)25-19(24-15)10-9-11(13(22)14(23)12(10)21)20-26-17(5,6)18(7,8)27-20/h9H,1-8H3. The molecule has 1 aromatic rings. The Morgan fingerprint density at radius 2 is 0.815 bits per heavy atom. The Kier molecular flexibility index (Phi) is 4.59. The first-order chi connectivity index (χ1) is 12.1. The van der Waals surface area contributed by atoms with Crippen LogP contribution in [0.15, 0.2) is 6.07 Å². The van der Waals surface area contributed by atoms with Crippen molar-refractivity contribution < 1.29 is 31.8 Å². The van der Waals surface area contributed by atoms with Crippen LogP contribution >= 0.6 is 0 Å². The zero-order valence-corrected chi connectivity index (χ0v) is 17.0. The van der Waals surface area contributed by atoms with Gasteiger partial charge >= 0.3 is 14.2 Å². The first kappa shape index (κ1) is 20.7. The molecule has 0 radical (unpaired) electrons. The average molecular weight is 384 g/mol. The minimum atomic E-state index is -1.60. The van der Waals surface area contributed by atoms with Gasteiger partial charge in [0.05, 0.1) is 22.4 Å². The first-order valence-electron chi connectivity index (χ1n) is 8.98. The minimum Gasteiger partial charge on any atom is -0.399 e. The van der Waals surface area contributed by atoms with Crippen LogP contribution in [0.3, 0.4) is 0 Å². The molecule has 0 saturated carbocycles. The van der Waals surface area contributed by atoms with Crippen molar-refractivity contribution >= 4 is 25.2 Å². The molecule has 9 heteroatoms. The molecule has 0 spiro atoms. The summed E-state index contributed by atoms with van der Waals surface area (Å²) < 4.78 is 66.6. The molecule has 2 aliphatic rings. The van der Waals surface area contributed by atoms with E-state index in [1.165, 1.54) is 0 Å². The van der Waals surface area contributed by atoms with Crippen LogP contribution in [0, 0.1) is 17.5 Å². The molecule has 0 aromatic heterocycles. The summed E-state index contributed by atoms with van der Waals surface area (Å²) in [5.74, 6) is -4.29. The highest BCUT2D eigenvalue weighted by Gasteiger charge is 2.55. The van der Waals surface area contributed by atoms with E-state index in [1.807, 2.05) is 0 Å². The van der Waals surface area contributed by atoms with E-state index in [-0.39, 0.29) is 10.9 Å². The van der Waals surface area contributed by atoms with Gasteiger partial charge in [-0.15, -0.1) is 0 Å². The summed E-state index contributed by atoms with van der Waals surface area (Å²) in [7, 11) is -2.35. The normalized spacial score (nSPS) is 25.3. The maximum absolute atomic E-state index is 14.5. The fourth-order valence-electron chi connectivity index (χ4n) is 2.93. The molecule has 0 unspecified atom stereocenters. The maximum Gasteiger partial charge on any atom is 0.497 e. The van der Waals surface area contributed by atoms with Crippen LogP contribution in [0.5, 0.6) is 0 Å². The second kappa shape index (κ2) is 5.99. The van der Waals surface area contributed by atoms with Crippen LogP contribution in [0.1, 0.15) is 55.4 Å². The van der Waals surface area contributed by atoms with Gasteiger partial charge in [0.25, 0.3) is 0 Å². The van der Waals surface area contributed by atoms with Crippen LogP contribution in [0.4, 0.5) is 13.2 Å². The van der Waals surface area contributed by atoms with Crippen molar-refractivity contribution in [3.8, 4) is 0 Å². The molecule has 1 aromatic carbocycles. The quantitative estimate of drug-likeness (QED) is 0.581. The third kappa shape index (κ3) is 3.12. The van der Waals surface area contributed by atoms with Crippen molar-refractivity contribution in [2.24, 2.45) is 0 Å². The smallest absolute Gasteiger partial charge is 0.399 e. The van der Waals surface area contributed by atoms with Crippen LogP contribution in [-0.2, 0) is 18.6 Å². The van der Waals surface area contributed by atoms with Crippen molar-refractivity contribution in [1.82, 2.24) is 0 Å². The van der Waals surface area contributed by atoms with Gasteiger partial charge in [0.2, 0.25) is 0 Å². The van der Waals surface area contributed by atoms with E-state index in [0.717, 1.165) is 6.07 Å². The lowest BCUT2D eigenvalue weighted by Gasteiger charge is -2.32. The van der Waals surface area contributed by atoms with Gasteiger partial charge in [0.1, 0.15) is 0 Å². The Morgan fingerprint density at radius 3 is 1.07 bits per heavy atom. The maximum atomic E-state index is 14.5. The molecule has 2 heterocycles. The Labute approximate surface area is 159 Å². The third-order valence-electron chi connectivity index (χ3n) is 6.22. The van der Waals surface area contributed by atoms with Crippen LogP contribution in [-0.4, -0.2) is 36.6 Å². The van der Waals surface area contributed by atoms with Crippen LogP contribution in [0.25, 0.3) is 0 Å². The highest BCUT2D eigenvalue weighted by atomic mass is 19.2. The lowest BCUT2D eigenvalue weighted by Crippen LogP contribution is -2.45. The number of hydrogen-bond acceptors (Lipinski definition) is 4. The predicted molar refractivity (Wildman–Crippen MR) is 97.7 cm³/mol. The Hall–Kier alpha value is -1.02. The molecule has 0 N–H and O–H groups in total. The molecule has 2 fully saturated rings. The second-order valence-corrected chi connectivity index (χ2v) is 9.17. The molecular formula is C18H25B2F3O4. The highest BCUT2D eigenvalue weighted by molar-refractivity contribution is 6.66. The van der Waals surface area contributed by atoms with Crippen LogP contribution < -0.4 is 10.9 Å². The first-order valence-corrected chi connectivity index (χ1v) is 8.98. The largest absolute Gasteiger partial charge is 0.497 e. The topological polar surface area (TPSA) is 36.9 Å². The summed E-state index contributed by atoms with van der Waals surface area (Å²) in [5, 5.41) is 0. The molecule has 2 saturated heterocycles. The number of halogens is 3. The van der Waals surface area contributed by atoms with E-state index in [0.29, 0.717) is 0 Å². The summed E-state index contributed by atoms with van der Waals surface area (Å²) in [6.45, 7) is 14.3. The van der Waals surface area contributed by atoms with E-state index in [9.17, 15) is 13.2 Å². The fourth-order valence-corrected chi connectivity index (χ4v) is 2.93. The zero-order chi connectivity index (χ0) is 20.6. The van der Waals surface area contributed by atoms with Crippen molar-refractivity contribution in [2.45, 2.75) is 77.8 Å². The fraction of sp³-hybridized carbons (Fsp3) is 0.667. The molecule has 2 aliphatic heterocycles. The van der Waals surface area contributed by atoms with Gasteiger partial charge in [-0.3, -0.25) is 0 Å². The number of rotatable bonds is 2. The Bertz CT molecular complexity index is 688.